The molecule has 1 N–H and O–H groups in total. The van der Waals surface area contributed by atoms with Crippen molar-refractivity contribution in [2.75, 3.05) is 7.11 Å². The van der Waals surface area contributed by atoms with Crippen molar-refractivity contribution in [1.29, 1.82) is 0 Å². The molecule has 0 fully saturated rings. The minimum atomic E-state index is -0.905. The summed E-state index contributed by atoms with van der Waals surface area (Å²) < 4.78 is 5.87. The summed E-state index contributed by atoms with van der Waals surface area (Å²) in [4.78, 5) is 10.7. The third-order valence-electron chi connectivity index (χ3n) is 1.73. The normalized spacial score (nSPS) is 9.77. The molecule has 0 unspecified atom stereocenters. The van der Waals surface area contributed by atoms with Gasteiger partial charge in [0.05, 0.1) is 16.2 Å². The zero-order chi connectivity index (χ0) is 10.0. The molecule has 0 aliphatic heterocycles. The van der Waals surface area contributed by atoms with E-state index in [1.54, 1.807) is 26.2 Å². The summed E-state index contributed by atoms with van der Waals surface area (Å²) in [5, 5.41) is 8.81. The van der Waals surface area contributed by atoms with E-state index in [0.29, 0.717) is 16.9 Å². The highest BCUT2D eigenvalue weighted by atomic mass is 127. The van der Waals surface area contributed by atoms with E-state index in [1.807, 2.05) is 22.6 Å². The molecule has 0 aromatic heterocycles. The van der Waals surface area contributed by atoms with Gasteiger partial charge in [0.15, 0.2) is 0 Å². The Labute approximate surface area is 89.9 Å². The van der Waals surface area contributed by atoms with Gasteiger partial charge in [-0.15, -0.1) is 0 Å². The van der Waals surface area contributed by atoms with Gasteiger partial charge in [-0.2, -0.15) is 0 Å². The van der Waals surface area contributed by atoms with Gasteiger partial charge in [0.2, 0.25) is 0 Å². The first-order chi connectivity index (χ1) is 6.06. The van der Waals surface area contributed by atoms with Crippen LogP contribution in [-0.2, 0) is 0 Å². The molecule has 0 radical (unpaired) electrons. The molecule has 0 atom stereocenters. The van der Waals surface area contributed by atoms with Crippen molar-refractivity contribution in [3.63, 3.8) is 0 Å². The van der Waals surface area contributed by atoms with Crippen molar-refractivity contribution in [1.82, 2.24) is 0 Å². The maximum Gasteiger partial charge on any atom is 0.335 e. The number of aryl methyl sites for hydroxylation is 1. The first-order valence-electron chi connectivity index (χ1n) is 3.63. The van der Waals surface area contributed by atoms with E-state index < -0.39 is 5.97 Å². The summed E-state index contributed by atoms with van der Waals surface area (Å²) in [7, 11) is 1.57. The molecule has 0 aliphatic carbocycles. The fourth-order valence-corrected chi connectivity index (χ4v) is 1.73. The van der Waals surface area contributed by atoms with Crippen LogP contribution in [0, 0.1) is 10.5 Å². The fourth-order valence-electron chi connectivity index (χ4n) is 1.04. The van der Waals surface area contributed by atoms with Gasteiger partial charge in [-0.25, -0.2) is 4.79 Å². The molecule has 0 bridgehead atoms. The van der Waals surface area contributed by atoms with E-state index in [-0.39, 0.29) is 0 Å². The molecule has 3 nitrogen and oxygen atoms in total. The Balaban J connectivity index is 3.28. The molecule has 70 valence electrons. The predicted octanol–water partition coefficient (Wildman–Crippen LogP) is 2.31. The van der Waals surface area contributed by atoms with Crippen LogP contribution < -0.4 is 4.74 Å². The lowest BCUT2D eigenvalue weighted by atomic mass is 10.1. The van der Waals surface area contributed by atoms with Crippen molar-refractivity contribution >= 4 is 28.6 Å². The highest BCUT2D eigenvalue weighted by molar-refractivity contribution is 14.1. The number of benzene rings is 1. The third kappa shape index (κ3) is 2.12. The zero-order valence-corrected chi connectivity index (χ0v) is 9.45. The summed E-state index contributed by atoms with van der Waals surface area (Å²) >= 11 is 2.05. The van der Waals surface area contributed by atoms with E-state index in [0.717, 1.165) is 3.57 Å². The number of carboxylic acid groups (broad SMARTS) is 1. The second kappa shape index (κ2) is 3.95. The number of hydrogen-bond donors (Lipinski definition) is 1. The SMILES string of the molecule is COc1cc(C)c(C(=O)O)cc1I. The van der Waals surface area contributed by atoms with Crippen molar-refractivity contribution in [3.8, 4) is 5.75 Å². The Morgan fingerprint density at radius 1 is 1.54 bits per heavy atom. The van der Waals surface area contributed by atoms with Crippen LogP contribution in [0.4, 0.5) is 0 Å². The minimum Gasteiger partial charge on any atom is -0.496 e. The maximum atomic E-state index is 10.7. The van der Waals surface area contributed by atoms with Crippen LogP contribution in [0.25, 0.3) is 0 Å². The van der Waals surface area contributed by atoms with E-state index in [2.05, 4.69) is 0 Å². The molecule has 1 aromatic carbocycles. The van der Waals surface area contributed by atoms with Gasteiger partial charge in [0.1, 0.15) is 5.75 Å². The topological polar surface area (TPSA) is 46.5 Å². The molecule has 0 heterocycles. The summed E-state index contributed by atoms with van der Waals surface area (Å²) in [6.07, 6.45) is 0. The van der Waals surface area contributed by atoms with Crippen molar-refractivity contribution in [2.24, 2.45) is 0 Å². The molecule has 13 heavy (non-hydrogen) atoms. The molecular weight excluding hydrogens is 283 g/mol. The Hall–Kier alpha value is -0.780. The zero-order valence-electron chi connectivity index (χ0n) is 7.30. The lowest BCUT2D eigenvalue weighted by Crippen LogP contribution is -2.01. The van der Waals surface area contributed by atoms with Crippen LogP contribution in [0.2, 0.25) is 0 Å². The Kier molecular flexibility index (Phi) is 3.13. The molecule has 0 aliphatic rings. The van der Waals surface area contributed by atoms with E-state index >= 15 is 0 Å². The molecule has 1 rings (SSSR count). The summed E-state index contributed by atoms with van der Waals surface area (Å²) in [5.41, 5.74) is 1.04. The summed E-state index contributed by atoms with van der Waals surface area (Å²) in [5.74, 6) is -0.193. The first-order valence-corrected chi connectivity index (χ1v) is 4.71. The van der Waals surface area contributed by atoms with Crippen LogP contribution in [0.15, 0.2) is 12.1 Å². The summed E-state index contributed by atoms with van der Waals surface area (Å²) in [6, 6.07) is 3.34. The van der Waals surface area contributed by atoms with Gasteiger partial charge >= 0.3 is 5.97 Å². The average molecular weight is 292 g/mol. The van der Waals surface area contributed by atoms with Gasteiger partial charge in [0.25, 0.3) is 0 Å². The number of halogens is 1. The van der Waals surface area contributed by atoms with Crippen molar-refractivity contribution in [3.05, 3.63) is 26.8 Å². The quantitative estimate of drug-likeness (QED) is 0.851. The number of ether oxygens (including phenoxy) is 1. The van der Waals surface area contributed by atoms with Crippen LogP contribution in [0.5, 0.6) is 5.75 Å². The van der Waals surface area contributed by atoms with E-state index in [9.17, 15) is 4.79 Å². The molecule has 1 aromatic rings. The maximum absolute atomic E-state index is 10.7. The molecular formula is C9H9IO3. The lowest BCUT2D eigenvalue weighted by molar-refractivity contribution is 0.0696. The molecule has 0 saturated heterocycles. The molecule has 4 heteroatoms. The second-order valence-corrected chi connectivity index (χ2v) is 3.77. The lowest BCUT2D eigenvalue weighted by Gasteiger charge is -2.06. The Morgan fingerprint density at radius 3 is 2.62 bits per heavy atom. The highest BCUT2D eigenvalue weighted by Crippen LogP contribution is 2.24. The largest absolute Gasteiger partial charge is 0.496 e. The molecule has 0 spiro atoms. The minimum absolute atomic E-state index is 0.324. The molecule has 0 amide bonds. The standard InChI is InChI=1S/C9H9IO3/c1-5-3-8(13-2)7(10)4-6(5)9(11)12/h3-4H,1-2H3,(H,11,12). The monoisotopic (exact) mass is 292 g/mol. The van der Waals surface area contributed by atoms with Crippen molar-refractivity contribution in [2.45, 2.75) is 6.92 Å². The number of rotatable bonds is 2. The number of carbonyl (C=O) groups is 1. The van der Waals surface area contributed by atoms with Crippen LogP contribution in [0.3, 0.4) is 0 Å². The molecule has 0 saturated carbocycles. The highest BCUT2D eigenvalue weighted by Gasteiger charge is 2.10. The fraction of sp³-hybridized carbons (Fsp3) is 0.222. The third-order valence-corrected chi connectivity index (χ3v) is 2.57. The van der Waals surface area contributed by atoms with Crippen LogP contribution in [0.1, 0.15) is 15.9 Å². The number of methoxy groups -OCH3 is 1. The van der Waals surface area contributed by atoms with Gasteiger partial charge in [-0.3, -0.25) is 0 Å². The first kappa shape index (κ1) is 10.3. The Bertz CT molecular complexity index is 347. The number of hydrogen-bond acceptors (Lipinski definition) is 2. The van der Waals surface area contributed by atoms with E-state index in [4.69, 9.17) is 9.84 Å². The van der Waals surface area contributed by atoms with Gasteiger partial charge < -0.3 is 9.84 Å². The van der Waals surface area contributed by atoms with Crippen molar-refractivity contribution < 1.29 is 14.6 Å². The Morgan fingerprint density at radius 2 is 2.15 bits per heavy atom. The van der Waals surface area contributed by atoms with Crippen LogP contribution >= 0.6 is 22.6 Å². The summed E-state index contributed by atoms with van der Waals surface area (Å²) in [6.45, 7) is 1.75. The predicted molar refractivity (Wildman–Crippen MR) is 57.4 cm³/mol. The van der Waals surface area contributed by atoms with Gasteiger partial charge in [0, 0.05) is 0 Å². The van der Waals surface area contributed by atoms with Gasteiger partial charge in [-0.1, -0.05) is 0 Å². The van der Waals surface area contributed by atoms with E-state index in [1.165, 1.54) is 0 Å². The number of carboxylic acids is 1. The van der Waals surface area contributed by atoms with Gasteiger partial charge in [-0.05, 0) is 47.2 Å². The number of aromatic carboxylic acids is 1. The average Bonchev–Trinajstić information content (AvgIpc) is 2.07. The smallest absolute Gasteiger partial charge is 0.335 e. The van der Waals surface area contributed by atoms with Crippen LogP contribution in [-0.4, -0.2) is 18.2 Å². The second-order valence-electron chi connectivity index (χ2n) is 2.61.